The number of rotatable bonds is 0. The summed E-state index contributed by atoms with van der Waals surface area (Å²) in [6.07, 6.45) is 4.42. The Bertz CT molecular complexity index is 208. The van der Waals surface area contributed by atoms with Crippen LogP contribution in [0.5, 0.6) is 0 Å². The van der Waals surface area contributed by atoms with Gasteiger partial charge in [-0.15, -0.1) is 0 Å². The second kappa shape index (κ2) is 2.43. The zero-order valence-electron chi connectivity index (χ0n) is 6.51. The van der Waals surface area contributed by atoms with Crippen LogP contribution in [0.25, 0.3) is 0 Å². The van der Waals surface area contributed by atoms with Crippen LogP contribution in [0, 0.1) is 11.8 Å². The highest BCUT2D eigenvalue weighted by Gasteiger charge is 2.39. The molecule has 2 atom stereocenters. The van der Waals surface area contributed by atoms with Crippen LogP contribution in [-0.4, -0.2) is 11.6 Å². The Hall–Kier alpha value is -0.660. The molecule has 0 aliphatic heterocycles. The molecular weight excluding hydrogens is 140 g/mol. The maximum atomic E-state index is 11.4. The van der Waals surface area contributed by atoms with Crippen molar-refractivity contribution in [3.8, 4) is 0 Å². The Morgan fingerprint density at radius 1 is 1.09 bits per heavy atom. The zero-order chi connectivity index (χ0) is 7.84. The summed E-state index contributed by atoms with van der Waals surface area (Å²) in [6.45, 7) is 0. The van der Waals surface area contributed by atoms with Crippen molar-refractivity contribution in [3.63, 3.8) is 0 Å². The summed E-state index contributed by atoms with van der Waals surface area (Å²) in [7, 11) is 0. The molecule has 2 aliphatic carbocycles. The van der Waals surface area contributed by atoms with Gasteiger partial charge in [-0.3, -0.25) is 9.59 Å². The largest absolute Gasteiger partial charge is 0.299 e. The Morgan fingerprint density at radius 2 is 1.91 bits per heavy atom. The predicted octanol–water partition coefficient (Wildman–Crippen LogP) is 1.33. The normalized spacial score (nSPS) is 37.5. The minimum Gasteiger partial charge on any atom is -0.299 e. The summed E-state index contributed by atoms with van der Waals surface area (Å²) in [4.78, 5) is 22.6. The molecule has 0 unspecified atom stereocenters. The van der Waals surface area contributed by atoms with E-state index in [1.807, 2.05) is 0 Å². The van der Waals surface area contributed by atoms with Crippen LogP contribution in [-0.2, 0) is 9.59 Å². The minimum atomic E-state index is -0.192. The van der Waals surface area contributed by atoms with Crippen LogP contribution in [0.2, 0.25) is 0 Å². The molecule has 0 aromatic heterocycles. The number of hydrogen-bond acceptors (Lipinski definition) is 2. The first-order chi connectivity index (χ1) is 5.29. The van der Waals surface area contributed by atoms with E-state index in [2.05, 4.69) is 0 Å². The van der Waals surface area contributed by atoms with E-state index in [-0.39, 0.29) is 23.4 Å². The van der Waals surface area contributed by atoms with Crippen LogP contribution >= 0.6 is 0 Å². The number of hydrogen-bond donors (Lipinski definition) is 0. The van der Waals surface area contributed by atoms with Gasteiger partial charge in [0.05, 0.1) is 5.92 Å². The van der Waals surface area contributed by atoms with Crippen molar-refractivity contribution in [1.29, 1.82) is 0 Å². The van der Waals surface area contributed by atoms with Crippen LogP contribution in [0.4, 0.5) is 0 Å². The van der Waals surface area contributed by atoms with Crippen molar-refractivity contribution in [2.24, 2.45) is 11.8 Å². The van der Waals surface area contributed by atoms with E-state index < -0.39 is 0 Å². The van der Waals surface area contributed by atoms with Crippen molar-refractivity contribution >= 4 is 11.6 Å². The quantitative estimate of drug-likeness (QED) is 0.491. The second-order valence-electron chi connectivity index (χ2n) is 3.59. The maximum absolute atomic E-state index is 11.4. The lowest BCUT2D eigenvalue weighted by atomic mass is 9.71. The van der Waals surface area contributed by atoms with Gasteiger partial charge in [0.1, 0.15) is 11.6 Å². The SMILES string of the molecule is O=C1CC[C@@H]2CCC[C@H]1C2=O. The number of ketones is 2. The lowest BCUT2D eigenvalue weighted by Gasteiger charge is -2.31. The van der Waals surface area contributed by atoms with E-state index in [9.17, 15) is 9.59 Å². The van der Waals surface area contributed by atoms with Gasteiger partial charge in [-0.25, -0.2) is 0 Å². The highest BCUT2D eigenvalue weighted by atomic mass is 16.2. The standard InChI is InChI=1S/C9H12O2/c10-8-5-4-6-2-1-3-7(8)9(6)11/h6-7H,1-5H2/t6-,7+/m0/s1. The third-order valence-electron chi connectivity index (χ3n) is 2.92. The lowest BCUT2D eigenvalue weighted by molar-refractivity contribution is -0.141. The van der Waals surface area contributed by atoms with Crippen molar-refractivity contribution in [2.75, 3.05) is 0 Å². The van der Waals surface area contributed by atoms with Gasteiger partial charge in [0.25, 0.3) is 0 Å². The fraction of sp³-hybridized carbons (Fsp3) is 0.778. The first-order valence-corrected chi connectivity index (χ1v) is 4.35. The molecule has 60 valence electrons. The smallest absolute Gasteiger partial charge is 0.146 e. The van der Waals surface area contributed by atoms with Gasteiger partial charge in [-0.05, 0) is 19.3 Å². The van der Waals surface area contributed by atoms with Gasteiger partial charge >= 0.3 is 0 Å². The monoisotopic (exact) mass is 152 g/mol. The first-order valence-electron chi connectivity index (χ1n) is 4.35. The van der Waals surface area contributed by atoms with Gasteiger partial charge < -0.3 is 0 Å². The van der Waals surface area contributed by atoms with Crippen LogP contribution < -0.4 is 0 Å². The number of Topliss-reactive ketones (excluding diaryl/α,β-unsaturated/α-hetero) is 2. The lowest BCUT2D eigenvalue weighted by Crippen LogP contribution is -2.38. The third-order valence-corrected chi connectivity index (χ3v) is 2.92. The summed E-state index contributed by atoms with van der Waals surface area (Å²) in [5.41, 5.74) is 0. The molecule has 2 nitrogen and oxygen atoms in total. The van der Waals surface area contributed by atoms with E-state index in [4.69, 9.17) is 0 Å². The molecule has 0 amide bonds. The Kier molecular flexibility index (Phi) is 1.55. The summed E-state index contributed by atoms with van der Waals surface area (Å²) < 4.78 is 0. The summed E-state index contributed by atoms with van der Waals surface area (Å²) in [5.74, 6) is 0.493. The molecule has 2 aliphatic rings. The van der Waals surface area contributed by atoms with Gasteiger partial charge in [0.2, 0.25) is 0 Å². The highest BCUT2D eigenvalue weighted by molar-refractivity contribution is 6.05. The van der Waals surface area contributed by atoms with Gasteiger partial charge in [0.15, 0.2) is 0 Å². The number of fused-ring (bicyclic) bond motifs is 2. The summed E-state index contributed by atoms with van der Waals surface area (Å²) in [6, 6.07) is 0. The van der Waals surface area contributed by atoms with Gasteiger partial charge in [-0.1, -0.05) is 6.42 Å². The second-order valence-corrected chi connectivity index (χ2v) is 3.59. The molecule has 2 heteroatoms. The van der Waals surface area contributed by atoms with E-state index in [0.29, 0.717) is 6.42 Å². The van der Waals surface area contributed by atoms with Crippen molar-refractivity contribution in [3.05, 3.63) is 0 Å². The number of carbonyl (C=O) groups is 2. The van der Waals surface area contributed by atoms with Crippen LogP contribution in [0.3, 0.4) is 0 Å². The van der Waals surface area contributed by atoms with Gasteiger partial charge in [0, 0.05) is 12.3 Å². The summed E-state index contributed by atoms with van der Waals surface area (Å²) in [5, 5.41) is 0. The Balaban J connectivity index is 2.22. The molecule has 0 heterocycles. The molecule has 2 saturated carbocycles. The molecule has 0 spiro atoms. The van der Waals surface area contributed by atoms with Crippen molar-refractivity contribution in [2.45, 2.75) is 32.1 Å². The van der Waals surface area contributed by atoms with Crippen LogP contribution in [0.1, 0.15) is 32.1 Å². The van der Waals surface area contributed by atoms with E-state index >= 15 is 0 Å². The molecular formula is C9H12O2. The topological polar surface area (TPSA) is 34.1 Å². The molecule has 0 aromatic carbocycles. The zero-order valence-corrected chi connectivity index (χ0v) is 6.51. The van der Waals surface area contributed by atoms with Crippen molar-refractivity contribution < 1.29 is 9.59 Å². The minimum absolute atomic E-state index is 0.192. The molecule has 0 radical (unpaired) electrons. The van der Waals surface area contributed by atoms with E-state index in [1.165, 1.54) is 0 Å². The molecule has 0 N–H and O–H groups in total. The Morgan fingerprint density at radius 3 is 2.64 bits per heavy atom. The van der Waals surface area contributed by atoms with Crippen LogP contribution in [0.15, 0.2) is 0 Å². The summed E-state index contributed by atoms with van der Waals surface area (Å²) >= 11 is 0. The predicted molar refractivity (Wildman–Crippen MR) is 40.1 cm³/mol. The molecule has 0 aromatic rings. The fourth-order valence-electron chi connectivity index (χ4n) is 2.23. The molecule has 2 fully saturated rings. The average molecular weight is 152 g/mol. The third kappa shape index (κ3) is 1.01. The fourth-order valence-corrected chi connectivity index (χ4v) is 2.23. The maximum Gasteiger partial charge on any atom is 0.146 e. The van der Waals surface area contributed by atoms with E-state index in [1.54, 1.807) is 0 Å². The molecule has 11 heavy (non-hydrogen) atoms. The Labute approximate surface area is 66.0 Å². The molecule has 2 bridgehead atoms. The first kappa shape index (κ1) is 7.01. The average Bonchev–Trinajstić information content (AvgIpc) is 1.98. The highest BCUT2D eigenvalue weighted by Crippen LogP contribution is 2.34. The molecule has 2 rings (SSSR count). The van der Waals surface area contributed by atoms with Gasteiger partial charge in [-0.2, -0.15) is 0 Å². The number of carbonyl (C=O) groups excluding carboxylic acids is 2. The van der Waals surface area contributed by atoms with Crippen molar-refractivity contribution in [1.82, 2.24) is 0 Å². The molecule has 0 saturated heterocycles. The van der Waals surface area contributed by atoms with E-state index in [0.717, 1.165) is 25.7 Å².